The van der Waals surface area contributed by atoms with E-state index < -0.39 is 17.1 Å². The Balaban J connectivity index is 3.42. The molecule has 0 aliphatic rings. The highest BCUT2D eigenvalue weighted by atomic mass is 16.2. The SMILES string of the molecule is C=CCCn1c(=O)n(CCCC)c(=O)n(CCCC)c1=O. The Hall–Kier alpha value is -1.85. The molecular formula is C15H25N3O3. The van der Waals surface area contributed by atoms with E-state index in [4.69, 9.17) is 0 Å². The van der Waals surface area contributed by atoms with Crippen LogP contribution in [0.2, 0.25) is 0 Å². The van der Waals surface area contributed by atoms with Crippen molar-refractivity contribution in [2.75, 3.05) is 0 Å². The zero-order chi connectivity index (χ0) is 15.8. The molecule has 0 amide bonds. The van der Waals surface area contributed by atoms with Gasteiger partial charge in [-0.2, -0.15) is 0 Å². The van der Waals surface area contributed by atoms with E-state index in [2.05, 4.69) is 6.58 Å². The number of nitrogens with zero attached hydrogens (tertiary/aromatic N) is 3. The third kappa shape index (κ3) is 4.06. The Morgan fingerprint density at radius 2 is 1.19 bits per heavy atom. The highest BCUT2D eigenvalue weighted by molar-refractivity contribution is 4.80. The fraction of sp³-hybridized carbons (Fsp3) is 0.667. The fourth-order valence-corrected chi connectivity index (χ4v) is 2.11. The molecule has 0 aliphatic heterocycles. The Kier molecular flexibility index (Phi) is 6.91. The molecule has 0 N–H and O–H groups in total. The third-order valence-corrected chi connectivity index (χ3v) is 3.41. The van der Waals surface area contributed by atoms with Gasteiger partial charge >= 0.3 is 17.1 Å². The second-order valence-corrected chi connectivity index (χ2v) is 5.09. The lowest BCUT2D eigenvalue weighted by molar-refractivity contribution is 0.431. The van der Waals surface area contributed by atoms with Crippen molar-refractivity contribution in [3.63, 3.8) is 0 Å². The summed E-state index contributed by atoms with van der Waals surface area (Å²) in [5.74, 6) is 0. The first kappa shape index (κ1) is 17.2. The van der Waals surface area contributed by atoms with Crippen LogP contribution in [-0.4, -0.2) is 13.7 Å². The molecule has 118 valence electrons. The van der Waals surface area contributed by atoms with Crippen molar-refractivity contribution in [3.05, 3.63) is 44.1 Å². The average Bonchev–Trinajstić information content (AvgIpc) is 2.47. The molecule has 1 rings (SSSR count). The monoisotopic (exact) mass is 295 g/mol. The summed E-state index contributed by atoms with van der Waals surface area (Å²) in [4.78, 5) is 37.0. The molecule has 0 radical (unpaired) electrons. The maximum absolute atomic E-state index is 12.3. The van der Waals surface area contributed by atoms with Crippen molar-refractivity contribution in [2.24, 2.45) is 0 Å². The van der Waals surface area contributed by atoms with Crippen LogP contribution >= 0.6 is 0 Å². The van der Waals surface area contributed by atoms with Crippen LogP contribution in [-0.2, 0) is 19.6 Å². The summed E-state index contributed by atoms with van der Waals surface area (Å²) in [5.41, 5.74) is -1.50. The minimum Gasteiger partial charge on any atom is -0.247 e. The molecule has 0 saturated heterocycles. The minimum atomic E-state index is -0.506. The van der Waals surface area contributed by atoms with Gasteiger partial charge in [-0.25, -0.2) is 28.1 Å². The van der Waals surface area contributed by atoms with Crippen LogP contribution in [0.25, 0.3) is 0 Å². The van der Waals surface area contributed by atoms with Crippen molar-refractivity contribution in [1.29, 1.82) is 0 Å². The molecule has 0 spiro atoms. The number of unbranched alkanes of at least 4 members (excludes halogenated alkanes) is 2. The molecule has 1 aromatic heterocycles. The summed E-state index contributed by atoms with van der Waals surface area (Å²) in [5, 5.41) is 0. The van der Waals surface area contributed by atoms with Crippen LogP contribution in [0.4, 0.5) is 0 Å². The molecule has 0 saturated carbocycles. The number of allylic oxidation sites excluding steroid dienone is 1. The van der Waals surface area contributed by atoms with Gasteiger partial charge in [-0.3, -0.25) is 0 Å². The van der Waals surface area contributed by atoms with Crippen molar-refractivity contribution >= 4 is 0 Å². The molecule has 6 heteroatoms. The Morgan fingerprint density at radius 1 is 0.810 bits per heavy atom. The first-order chi connectivity index (χ1) is 10.1. The summed E-state index contributed by atoms with van der Waals surface area (Å²) in [7, 11) is 0. The molecular weight excluding hydrogens is 270 g/mol. The topological polar surface area (TPSA) is 66.0 Å². The molecule has 0 aliphatic carbocycles. The zero-order valence-corrected chi connectivity index (χ0v) is 13.0. The summed E-state index contributed by atoms with van der Waals surface area (Å²) in [6, 6.07) is 0. The van der Waals surface area contributed by atoms with Crippen LogP contribution in [0.5, 0.6) is 0 Å². The van der Waals surface area contributed by atoms with Crippen molar-refractivity contribution in [1.82, 2.24) is 13.7 Å². The lowest BCUT2D eigenvalue weighted by Crippen LogP contribution is -2.54. The molecule has 21 heavy (non-hydrogen) atoms. The summed E-state index contributed by atoms with van der Waals surface area (Å²) >= 11 is 0. The van der Waals surface area contributed by atoms with Gasteiger partial charge in [0.2, 0.25) is 0 Å². The van der Waals surface area contributed by atoms with Gasteiger partial charge in [0, 0.05) is 19.6 Å². The van der Waals surface area contributed by atoms with Gasteiger partial charge in [-0.05, 0) is 19.3 Å². The van der Waals surface area contributed by atoms with Crippen molar-refractivity contribution in [3.8, 4) is 0 Å². The van der Waals surface area contributed by atoms with Crippen LogP contribution < -0.4 is 17.1 Å². The lowest BCUT2D eigenvalue weighted by atomic mass is 10.3. The van der Waals surface area contributed by atoms with E-state index >= 15 is 0 Å². The molecule has 0 unspecified atom stereocenters. The summed E-state index contributed by atoms with van der Waals surface area (Å²) < 4.78 is 3.52. The number of hydrogen-bond donors (Lipinski definition) is 0. The van der Waals surface area contributed by atoms with Gasteiger partial charge in [0.25, 0.3) is 0 Å². The maximum Gasteiger partial charge on any atom is 0.336 e. The van der Waals surface area contributed by atoms with E-state index in [0.717, 1.165) is 30.3 Å². The summed E-state index contributed by atoms with van der Waals surface area (Å²) in [6.45, 7) is 8.57. The van der Waals surface area contributed by atoms with E-state index in [0.29, 0.717) is 19.5 Å². The lowest BCUT2D eigenvalue weighted by Gasteiger charge is -2.13. The van der Waals surface area contributed by atoms with Crippen molar-refractivity contribution < 1.29 is 0 Å². The molecule has 1 heterocycles. The van der Waals surface area contributed by atoms with Crippen LogP contribution in [0.3, 0.4) is 0 Å². The first-order valence-electron chi connectivity index (χ1n) is 7.63. The van der Waals surface area contributed by atoms with Gasteiger partial charge < -0.3 is 0 Å². The fourth-order valence-electron chi connectivity index (χ4n) is 2.11. The van der Waals surface area contributed by atoms with E-state index in [1.807, 2.05) is 13.8 Å². The average molecular weight is 295 g/mol. The molecule has 0 bridgehead atoms. The Labute approximate surface area is 124 Å². The minimum absolute atomic E-state index is 0.264. The Morgan fingerprint density at radius 3 is 1.52 bits per heavy atom. The highest BCUT2D eigenvalue weighted by Crippen LogP contribution is 1.91. The van der Waals surface area contributed by atoms with Gasteiger partial charge in [-0.15, -0.1) is 6.58 Å². The Bertz CT molecular complexity index is 591. The smallest absolute Gasteiger partial charge is 0.247 e. The molecule has 0 atom stereocenters. The largest absolute Gasteiger partial charge is 0.336 e. The standard InChI is InChI=1S/C15H25N3O3/c1-4-7-10-16-13(19)17(11-8-5-2)15(21)18(14(16)20)12-9-6-3/h4H,1,5-12H2,2-3H3. The van der Waals surface area contributed by atoms with Gasteiger partial charge in [-0.1, -0.05) is 32.8 Å². The zero-order valence-electron chi connectivity index (χ0n) is 13.0. The first-order valence-corrected chi connectivity index (χ1v) is 7.63. The van der Waals surface area contributed by atoms with Crippen molar-refractivity contribution in [2.45, 2.75) is 65.6 Å². The van der Waals surface area contributed by atoms with E-state index in [1.54, 1.807) is 6.08 Å². The van der Waals surface area contributed by atoms with Crippen LogP contribution in [0, 0.1) is 0 Å². The number of hydrogen-bond acceptors (Lipinski definition) is 3. The predicted octanol–water partition coefficient (Wildman–Crippen LogP) is 1.35. The number of aromatic nitrogens is 3. The third-order valence-electron chi connectivity index (χ3n) is 3.41. The van der Waals surface area contributed by atoms with E-state index in [9.17, 15) is 14.4 Å². The predicted molar refractivity (Wildman–Crippen MR) is 83.9 cm³/mol. The van der Waals surface area contributed by atoms with Gasteiger partial charge in [0.15, 0.2) is 0 Å². The van der Waals surface area contributed by atoms with Crippen LogP contribution in [0.15, 0.2) is 27.0 Å². The van der Waals surface area contributed by atoms with Gasteiger partial charge in [0.1, 0.15) is 0 Å². The molecule has 6 nitrogen and oxygen atoms in total. The molecule has 0 fully saturated rings. The normalized spacial score (nSPS) is 10.8. The van der Waals surface area contributed by atoms with E-state index in [1.165, 1.54) is 9.13 Å². The molecule has 0 aromatic carbocycles. The summed E-state index contributed by atoms with van der Waals surface area (Å²) in [6.07, 6.45) is 5.42. The second kappa shape index (κ2) is 8.44. The quantitative estimate of drug-likeness (QED) is 0.646. The molecule has 1 aromatic rings. The van der Waals surface area contributed by atoms with E-state index in [-0.39, 0.29) is 6.54 Å². The maximum atomic E-state index is 12.3. The van der Waals surface area contributed by atoms with Crippen LogP contribution in [0.1, 0.15) is 46.0 Å². The second-order valence-electron chi connectivity index (χ2n) is 5.09. The number of rotatable bonds is 9. The highest BCUT2D eigenvalue weighted by Gasteiger charge is 2.14. The van der Waals surface area contributed by atoms with Gasteiger partial charge in [0.05, 0.1) is 0 Å².